The fourth-order valence-corrected chi connectivity index (χ4v) is 1.59. The van der Waals surface area contributed by atoms with Crippen LogP contribution in [0.3, 0.4) is 0 Å². The van der Waals surface area contributed by atoms with Gasteiger partial charge >= 0.3 is 0 Å². The standard InChI is InChI=1S/C15H15N3O2/c1-11-5-7-13(8-6-11)14-15(16-12(2)17-18-14)20-10-4-3-9-19/h5-8,19H,9-10H2,1-2H3. The third-order valence-corrected chi connectivity index (χ3v) is 2.57. The van der Waals surface area contributed by atoms with Crippen molar-refractivity contribution in [3.8, 4) is 29.0 Å². The highest BCUT2D eigenvalue weighted by Crippen LogP contribution is 2.25. The number of ether oxygens (including phenoxy) is 1. The maximum absolute atomic E-state index is 8.60. The molecule has 0 aliphatic carbocycles. The van der Waals surface area contributed by atoms with Crippen molar-refractivity contribution in [3.05, 3.63) is 35.7 Å². The minimum atomic E-state index is -0.185. The van der Waals surface area contributed by atoms with Gasteiger partial charge in [-0.1, -0.05) is 41.7 Å². The molecule has 1 aromatic heterocycles. The maximum atomic E-state index is 8.60. The third kappa shape index (κ3) is 3.53. The number of hydrogen-bond donors (Lipinski definition) is 1. The minimum Gasteiger partial charge on any atom is -0.463 e. The Kier molecular flexibility index (Phi) is 4.64. The van der Waals surface area contributed by atoms with E-state index in [1.54, 1.807) is 6.92 Å². The first kappa shape index (κ1) is 14.0. The summed E-state index contributed by atoms with van der Waals surface area (Å²) in [6.45, 7) is 3.73. The second-order valence-corrected chi connectivity index (χ2v) is 4.18. The first-order valence-corrected chi connectivity index (χ1v) is 6.18. The third-order valence-electron chi connectivity index (χ3n) is 2.57. The zero-order valence-corrected chi connectivity index (χ0v) is 11.4. The summed E-state index contributed by atoms with van der Waals surface area (Å²) in [4.78, 5) is 4.24. The van der Waals surface area contributed by atoms with Crippen LogP contribution in [0.1, 0.15) is 11.4 Å². The Morgan fingerprint density at radius 1 is 1.10 bits per heavy atom. The van der Waals surface area contributed by atoms with Crippen LogP contribution >= 0.6 is 0 Å². The second kappa shape index (κ2) is 6.64. The van der Waals surface area contributed by atoms with E-state index in [1.807, 2.05) is 31.2 Å². The molecule has 1 aromatic carbocycles. The summed E-state index contributed by atoms with van der Waals surface area (Å²) in [5, 5.41) is 16.7. The van der Waals surface area contributed by atoms with E-state index >= 15 is 0 Å². The molecule has 2 rings (SSSR count). The van der Waals surface area contributed by atoms with Crippen LogP contribution in [0.15, 0.2) is 24.3 Å². The molecule has 0 spiro atoms. The number of hydrogen-bond acceptors (Lipinski definition) is 5. The monoisotopic (exact) mass is 269 g/mol. The van der Waals surface area contributed by atoms with Gasteiger partial charge in [0.15, 0.2) is 18.1 Å². The molecule has 20 heavy (non-hydrogen) atoms. The molecule has 0 amide bonds. The highest BCUT2D eigenvalue weighted by Gasteiger charge is 2.11. The lowest BCUT2D eigenvalue weighted by Gasteiger charge is -2.07. The SMILES string of the molecule is Cc1ccc(-c2nnc(C)nc2OCC#CCO)cc1. The van der Waals surface area contributed by atoms with E-state index in [9.17, 15) is 0 Å². The van der Waals surface area contributed by atoms with Gasteiger partial charge in [0, 0.05) is 5.56 Å². The van der Waals surface area contributed by atoms with Crippen molar-refractivity contribution in [1.82, 2.24) is 15.2 Å². The predicted molar refractivity (Wildman–Crippen MR) is 75.1 cm³/mol. The number of aliphatic hydroxyl groups is 1. The van der Waals surface area contributed by atoms with E-state index in [-0.39, 0.29) is 13.2 Å². The van der Waals surface area contributed by atoms with Gasteiger partial charge in [0.1, 0.15) is 6.61 Å². The molecule has 5 nitrogen and oxygen atoms in total. The molecule has 2 aromatic rings. The minimum absolute atomic E-state index is 0.150. The first-order valence-electron chi connectivity index (χ1n) is 6.18. The van der Waals surface area contributed by atoms with Crippen LogP contribution in [-0.2, 0) is 0 Å². The van der Waals surface area contributed by atoms with Crippen LogP contribution in [0.2, 0.25) is 0 Å². The Hall–Kier alpha value is -2.45. The number of rotatable bonds is 3. The van der Waals surface area contributed by atoms with Crippen LogP contribution in [-0.4, -0.2) is 33.5 Å². The molecule has 0 unspecified atom stereocenters. The fourth-order valence-electron chi connectivity index (χ4n) is 1.59. The summed E-state index contributed by atoms with van der Waals surface area (Å²) >= 11 is 0. The maximum Gasteiger partial charge on any atom is 0.245 e. The molecule has 1 N–H and O–H groups in total. The number of aliphatic hydroxyl groups excluding tert-OH is 1. The summed E-state index contributed by atoms with van der Waals surface area (Å²) in [5.41, 5.74) is 2.64. The molecule has 0 aliphatic heterocycles. The summed E-state index contributed by atoms with van der Waals surface area (Å²) in [6.07, 6.45) is 0. The Morgan fingerprint density at radius 3 is 2.55 bits per heavy atom. The fraction of sp³-hybridized carbons (Fsp3) is 0.267. The van der Waals surface area contributed by atoms with Crippen molar-refractivity contribution in [2.45, 2.75) is 13.8 Å². The van der Waals surface area contributed by atoms with Gasteiger partial charge in [-0.05, 0) is 13.8 Å². The number of aryl methyl sites for hydroxylation is 2. The smallest absolute Gasteiger partial charge is 0.245 e. The topological polar surface area (TPSA) is 68.1 Å². The number of benzene rings is 1. The zero-order valence-electron chi connectivity index (χ0n) is 11.4. The van der Waals surface area contributed by atoms with Crippen molar-refractivity contribution < 1.29 is 9.84 Å². The summed E-state index contributed by atoms with van der Waals surface area (Å²) in [7, 11) is 0. The molecule has 0 bridgehead atoms. The lowest BCUT2D eigenvalue weighted by Crippen LogP contribution is -2.04. The van der Waals surface area contributed by atoms with Gasteiger partial charge in [-0.15, -0.1) is 10.2 Å². The molecule has 0 atom stereocenters. The molecule has 0 aliphatic rings. The Bertz CT molecular complexity index is 642. The molecule has 0 fully saturated rings. The van der Waals surface area contributed by atoms with E-state index in [0.29, 0.717) is 17.4 Å². The molecule has 0 saturated carbocycles. The van der Waals surface area contributed by atoms with Crippen molar-refractivity contribution in [1.29, 1.82) is 0 Å². The quantitative estimate of drug-likeness (QED) is 0.856. The van der Waals surface area contributed by atoms with Gasteiger partial charge < -0.3 is 9.84 Å². The zero-order chi connectivity index (χ0) is 14.4. The van der Waals surface area contributed by atoms with Crippen molar-refractivity contribution in [3.63, 3.8) is 0 Å². The van der Waals surface area contributed by atoms with Crippen LogP contribution in [0.25, 0.3) is 11.3 Å². The van der Waals surface area contributed by atoms with Gasteiger partial charge in [0.05, 0.1) is 0 Å². The largest absolute Gasteiger partial charge is 0.463 e. The van der Waals surface area contributed by atoms with Crippen molar-refractivity contribution in [2.24, 2.45) is 0 Å². The molecule has 102 valence electrons. The van der Waals surface area contributed by atoms with E-state index in [0.717, 1.165) is 11.1 Å². The van der Waals surface area contributed by atoms with E-state index in [4.69, 9.17) is 9.84 Å². The number of nitrogens with zero attached hydrogens (tertiary/aromatic N) is 3. The molecular formula is C15H15N3O2. The van der Waals surface area contributed by atoms with Crippen LogP contribution < -0.4 is 4.74 Å². The average Bonchev–Trinajstić information content (AvgIpc) is 2.45. The molecular weight excluding hydrogens is 254 g/mol. The molecule has 1 heterocycles. The molecule has 0 saturated heterocycles. The second-order valence-electron chi connectivity index (χ2n) is 4.18. The van der Waals surface area contributed by atoms with Crippen LogP contribution in [0.5, 0.6) is 5.88 Å². The van der Waals surface area contributed by atoms with E-state index in [2.05, 4.69) is 27.0 Å². The lowest BCUT2D eigenvalue weighted by molar-refractivity contribution is 0.343. The van der Waals surface area contributed by atoms with Crippen molar-refractivity contribution in [2.75, 3.05) is 13.2 Å². The Balaban J connectivity index is 2.30. The molecule has 5 heteroatoms. The summed E-state index contributed by atoms with van der Waals surface area (Å²) in [5.74, 6) is 6.13. The lowest BCUT2D eigenvalue weighted by atomic mass is 10.1. The van der Waals surface area contributed by atoms with Gasteiger partial charge in [-0.25, -0.2) is 0 Å². The highest BCUT2D eigenvalue weighted by molar-refractivity contribution is 5.63. The van der Waals surface area contributed by atoms with Crippen molar-refractivity contribution >= 4 is 0 Å². The first-order chi connectivity index (χ1) is 9.70. The van der Waals surface area contributed by atoms with E-state index < -0.39 is 0 Å². The summed E-state index contributed by atoms with van der Waals surface area (Å²) < 4.78 is 5.51. The molecule has 0 radical (unpaired) electrons. The van der Waals surface area contributed by atoms with Gasteiger partial charge in [0.25, 0.3) is 0 Å². The van der Waals surface area contributed by atoms with Crippen LogP contribution in [0.4, 0.5) is 0 Å². The van der Waals surface area contributed by atoms with E-state index in [1.165, 1.54) is 0 Å². The van der Waals surface area contributed by atoms with Gasteiger partial charge in [-0.2, -0.15) is 4.98 Å². The van der Waals surface area contributed by atoms with Gasteiger partial charge in [0.2, 0.25) is 5.88 Å². The Morgan fingerprint density at radius 2 is 1.85 bits per heavy atom. The predicted octanol–water partition coefficient (Wildman–Crippen LogP) is 1.53. The summed E-state index contributed by atoms with van der Waals surface area (Å²) in [6, 6.07) is 7.88. The van der Waals surface area contributed by atoms with Crippen LogP contribution in [0, 0.1) is 25.7 Å². The van der Waals surface area contributed by atoms with Gasteiger partial charge in [-0.3, -0.25) is 0 Å². The Labute approximate surface area is 117 Å². The average molecular weight is 269 g/mol. The highest BCUT2D eigenvalue weighted by atomic mass is 16.5. The number of aromatic nitrogens is 3. The normalized spacial score (nSPS) is 9.75.